The van der Waals surface area contributed by atoms with E-state index in [2.05, 4.69) is 22.1 Å². The van der Waals surface area contributed by atoms with Crippen LogP contribution in [0.1, 0.15) is 30.0 Å². The van der Waals surface area contributed by atoms with Crippen LogP contribution in [0.25, 0.3) is 0 Å². The van der Waals surface area contributed by atoms with Gasteiger partial charge in [-0.1, -0.05) is 12.1 Å². The molecule has 0 radical (unpaired) electrons. The summed E-state index contributed by atoms with van der Waals surface area (Å²) in [6.45, 7) is 3.84. The molecule has 1 atom stereocenters. The van der Waals surface area contributed by atoms with Crippen molar-refractivity contribution >= 4 is 0 Å². The summed E-state index contributed by atoms with van der Waals surface area (Å²) >= 11 is 0. The van der Waals surface area contributed by atoms with Crippen LogP contribution in [0.3, 0.4) is 0 Å². The molecule has 1 aromatic carbocycles. The fourth-order valence-corrected chi connectivity index (χ4v) is 3.37. The summed E-state index contributed by atoms with van der Waals surface area (Å²) in [4.78, 5) is 2.48. The molecule has 1 aliphatic rings. The Morgan fingerprint density at radius 2 is 2.12 bits per heavy atom. The lowest BCUT2D eigenvalue weighted by Crippen LogP contribution is -2.37. The maximum atomic E-state index is 8.69. The molecule has 1 fully saturated rings. The summed E-state index contributed by atoms with van der Waals surface area (Å²) in [5.41, 5.74) is 2.36. The highest BCUT2D eigenvalue weighted by atomic mass is 16.5. The van der Waals surface area contributed by atoms with E-state index in [9.17, 15) is 0 Å². The van der Waals surface area contributed by atoms with Gasteiger partial charge in [0.25, 0.3) is 0 Å². The van der Waals surface area contributed by atoms with Crippen molar-refractivity contribution in [2.45, 2.75) is 25.2 Å². The van der Waals surface area contributed by atoms with Crippen LogP contribution in [-0.2, 0) is 13.5 Å². The minimum atomic E-state index is 0.448. The topological polar surface area (TPSA) is 54.1 Å². The van der Waals surface area contributed by atoms with E-state index >= 15 is 0 Å². The van der Waals surface area contributed by atoms with Gasteiger partial charge in [0.05, 0.1) is 12.5 Å². The molecule has 0 aliphatic carbocycles. The molecule has 1 unspecified atom stereocenters. The van der Waals surface area contributed by atoms with Gasteiger partial charge in [-0.3, -0.25) is 9.58 Å². The van der Waals surface area contributed by atoms with Crippen LogP contribution >= 0.6 is 0 Å². The van der Waals surface area contributed by atoms with Crippen LogP contribution in [0, 0.1) is 11.3 Å². The first-order valence-corrected chi connectivity index (χ1v) is 8.55. The fraction of sp³-hybridized carbons (Fsp3) is 0.474. The number of nitrogens with zero attached hydrogens (tertiary/aromatic N) is 4. The Labute approximate surface area is 143 Å². The van der Waals surface area contributed by atoms with E-state index < -0.39 is 0 Å². The van der Waals surface area contributed by atoms with Gasteiger partial charge in [0, 0.05) is 37.9 Å². The van der Waals surface area contributed by atoms with Gasteiger partial charge in [0.1, 0.15) is 12.4 Å². The van der Waals surface area contributed by atoms with Crippen LogP contribution in [0.15, 0.2) is 36.5 Å². The lowest BCUT2D eigenvalue weighted by Gasteiger charge is -2.32. The Bertz CT molecular complexity index is 686. The maximum Gasteiger partial charge on any atom is 0.119 e. The fourth-order valence-electron chi connectivity index (χ4n) is 3.37. The lowest BCUT2D eigenvalue weighted by atomic mass is 9.95. The first kappa shape index (κ1) is 16.5. The number of hydrogen-bond acceptors (Lipinski definition) is 4. The molecule has 0 bridgehead atoms. The molecule has 126 valence electrons. The van der Waals surface area contributed by atoms with E-state index in [1.165, 1.54) is 18.5 Å². The summed E-state index contributed by atoms with van der Waals surface area (Å²) in [6, 6.07) is 12.1. The lowest BCUT2D eigenvalue weighted by molar-refractivity contribution is 0.168. The second-order valence-electron chi connectivity index (χ2n) is 6.35. The van der Waals surface area contributed by atoms with Crippen LogP contribution in [0.2, 0.25) is 0 Å². The van der Waals surface area contributed by atoms with E-state index in [4.69, 9.17) is 10.00 Å². The van der Waals surface area contributed by atoms with Gasteiger partial charge < -0.3 is 4.74 Å². The highest BCUT2D eigenvalue weighted by molar-refractivity contribution is 5.28. The van der Waals surface area contributed by atoms with Crippen molar-refractivity contribution in [1.82, 2.24) is 14.7 Å². The van der Waals surface area contributed by atoms with Gasteiger partial charge >= 0.3 is 0 Å². The summed E-state index contributed by atoms with van der Waals surface area (Å²) in [5, 5.41) is 13.0. The molecule has 3 rings (SSSR count). The zero-order chi connectivity index (χ0) is 16.8. The van der Waals surface area contributed by atoms with Crippen molar-refractivity contribution < 1.29 is 4.74 Å². The number of likely N-dealkylation sites (tertiary alicyclic amines) is 1. The van der Waals surface area contributed by atoms with Crippen LogP contribution in [0.4, 0.5) is 0 Å². The van der Waals surface area contributed by atoms with Gasteiger partial charge in [0.2, 0.25) is 0 Å². The summed E-state index contributed by atoms with van der Waals surface area (Å²) in [7, 11) is 2.02. The quantitative estimate of drug-likeness (QED) is 0.820. The molecular weight excluding hydrogens is 300 g/mol. The SMILES string of the molecule is Cn1nccc1C1CCCN(CCOc2ccc(CC#N)cc2)C1. The summed E-state index contributed by atoms with van der Waals surface area (Å²) in [5.74, 6) is 1.44. The van der Waals surface area contributed by atoms with E-state index in [0.29, 0.717) is 18.9 Å². The smallest absolute Gasteiger partial charge is 0.119 e. The molecule has 0 N–H and O–H groups in total. The molecule has 5 heteroatoms. The predicted molar refractivity (Wildman–Crippen MR) is 92.9 cm³/mol. The zero-order valence-corrected chi connectivity index (χ0v) is 14.2. The second-order valence-corrected chi connectivity index (χ2v) is 6.35. The number of rotatable bonds is 6. The monoisotopic (exact) mass is 324 g/mol. The molecule has 1 aromatic heterocycles. The van der Waals surface area contributed by atoms with Crippen LogP contribution in [-0.4, -0.2) is 40.9 Å². The predicted octanol–water partition coefficient (Wildman–Crippen LogP) is 2.74. The van der Waals surface area contributed by atoms with Gasteiger partial charge in [-0.25, -0.2) is 0 Å². The number of benzene rings is 1. The molecule has 1 saturated heterocycles. The third-order valence-electron chi connectivity index (χ3n) is 4.67. The Morgan fingerprint density at radius 1 is 1.29 bits per heavy atom. The number of piperidine rings is 1. The third kappa shape index (κ3) is 4.15. The minimum Gasteiger partial charge on any atom is -0.492 e. The van der Waals surface area contributed by atoms with Gasteiger partial charge in [-0.05, 0) is 43.1 Å². The maximum absolute atomic E-state index is 8.69. The number of ether oxygens (including phenoxy) is 1. The van der Waals surface area contributed by atoms with Crippen molar-refractivity contribution in [1.29, 1.82) is 5.26 Å². The highest BCUT2D eigenvalue weighted by Crippen LogP contribution is 2.26. The molecule has 2 heterocycles. The first-order valence-electron chi connectivity index (χ1n) is 8.55. The standard InChI is InChI=1S/C19H24N4O/c1-22-19(9-11-21-22)17-3-2-12-23(15-17)13-14-24-18-6-4-16(5-7-18)8-10-20/h4-7,9,11,17H,2-3,8,12-15H2,1H3. The largest absolute Gasteiger partial charge is 0.492 e. The molecular formula is C19H24N4O. The third-order valence-corrected chi connectivity index (χ3v) is 4.67. The van der Waals surface area contributed by atoms with Gasteiger partial charge in [-0.2, -0.15) is 10.4 Å². The zero-order valence-electron chi connectivity index (χ0n) is 14.2. The van der Waals surface area contributed by atoms with Crippen molar-refractivity contribution in [2.24, 2.45) is 7.05 Å². The van der Waals surface area contributed by atoms with Crippen LogP contribution < -0.4 is 4.74 Å². The van der Waals surface area contributed by atoms with E-state index in [1.807, 2.05) is 42.2 Å². The average Bonchev–Trinajstić information content (AvgIpc) is 3.03. The second kappa shape index (κ2) is 7.98. The summed E-state index contributed by atoms with van der Waals surface area (Å²) < 4.78 is 7.84. The Morgan fingerprint density at radius 3 is 2.83 bits per heavy atom. The average molecular weight is 324 g/mol. The van der Waals surface area contributed by atoms with Crippen molar-refractivity contribution in [3.05, 3.63) is 47.8 Å². The number of nitriles is 1. The van der Waals surface area contributed by atoms with E-state index in [1.54, 1.807) is 0 Å². The first-order chi connectivity index (χ1) is 11.8. The van der Waals surface area contributed by atoms with E-state index in [0.717, 1.165) is 30.9 Å². The molecule has 24 heavy (non-hydrogen) atoms. The number of aromatic nitrogens is 2. The molecule has 2 aromatic rings. The molecule has 5 nitrogen and oxygen atoms in total. The Hall–Kier alpha value is -2.32. The highest BCUT2D eigenvalue weighted by Gasteiger charge is 2.23. The van der Waals surface area contributed by atoms with Crippen molar-refractivity contribution in [2.75, 3.05) is 26.2 Å². The molecule has 1 aliphatic heterocycles. The van der Waals surface area contributed by atoms with Crippen molar-refractivity contribution in [3.8, 4) is 11.8 Å². The molecule has 0 saturated carbocycles. The molecule has 0 spiro atoms. The van der Waals surface area contributed by atoms with Gasteiger partial charge in [0.15, 0.2) is 0 Å². The van der Waals surface area contributed by atoms with E-state index in [-0.39, 0.29) is 0 Å². The van der Waals surface area contributed by atoms with Gasteiger partial charge in [-0.15, -0.1) is 0 Å². The molecule has 0 amide bonds. The summed E-state index contributed by atoms with van der Waals surface area (Å²) in [6.07, 6.45) is 4.78. The number of hydrogen-bond donors (Lipinski definition) is 0. The minimum absolute atomic E-state index is 0.448. The Balaban J connectivity index is 1.46. The van der Waals surface area contributed by atoms with Crippen molar-refractivity contribution in [3.63, 3.8) is 0 Å². The number of aryl methyl sites for hydroxylation is 1. The Kier molecular flexibility index (Phi) is 5.50. The normalized spacial score (nSPS) is 18.2. The van der Waals surface area contributed by atoms with Crippen LogP contribution in [0.5, 0.6) is 5.75 Å².